The third-order valence-electron chi connectivity index (χ3n) is 3.11. The van der Waals surface area contributed by atoms with Gasteiger partial charge in [-0.25, -0.2) is 4.79 Å². The van der Waals surface area contributed by atoms with Gasteiger partial charge < -0.3 is 14.8 Å². The van der Waals surface area contributed by atoms with Gasteiger partial charge in [0.05, 0.1) is 15.7 Å². The van der Waals surface area contributed by atoms with Gasteiger partial charge in [-0.3, -0.25) is 4.79 Å². The first-order valence-corrected chi connectivity index (χ1v) is 8.80. The maximum Gasteiger partial charge on any atom is 0.344 e. The van der Waals surface area contributed by atoms with Crippen LogP contribution in [0.15, 0.2) is 36.4 Å². The molecule has 1 atom stereocenters. The Morgan fingerprint density at radius 1 is 1.00 bits per heavy atom. The van der Waals surface area contributed by atoms with E-state index in [2.05, 4.69) is 5.32 Å². The van der Waals surface area contributed by atoms with Gasteiger partial charge >= 0.3 is 5.97 Å². The van der Waals surface area contributed by atoms with Crippen LogP contribution in [0, 0.1) is 0 Å². The fourth-order valence-corrected chi connectivity index (χ4v) is 2.76. The Bertz CT molecular complexity index is 828. The van der Waals surface area contributed by atoms with Gasteiger partial charge in [-0.2, -0.15) is 0 Å². The number of nitrogens with one attached hydrogen (secondary N) is 1. The number of anilines is 1. The second-order valence-electron chi connectivity index (χ2n) is 5.11. The molecule has 0 aliphatic heterocycles. The molecule has 1 amide bonds. The molecule has 0 aromatic heterocycles. The van der Waals surface area contributed by atoms with Gasteiger partial charge in [-0.15, -0.1) is 0 Å². The van der Waals surface area contributed by atoms with Gasteiger partial charge in [-0.1, -0.05) is 46.4 Å². The number of benzene rings is 2. The van der Waals surface area contributed by atoms with Crippen molar-refractivity contribution >= 4 is 64.0 Å². The molecule has 0 saturated carbocycles. The van der Waals surface area contributed by atoms with E-state index in [4.69, 9.17) is 55.9 Å². The highest BCUT2D eigenvalue weighted by molar-refractivity contribution is 6.37. The summed E-state index contributed by atoms with van der Waals surface area (Å²) in [6, 6.07) is 9.18. The van der Waals surface area contributed by atoms with Crippen LogP contribution < -0.4 is 10.1 Å². The maximum atomic E-state index is 12.1. The Hall–Kier alpha value is -1.66. The number of ether oxygens (including phenoxy) is 2. The number of hydrogen-bond donors (Lipinski definition) is 1. The third kappa shape index (κ3) is 5.95. The number of hydrogen-bond acceptors (Lipinski definition) is 4. The van der Waals surface area contributed by atoms with Crippen LogP contribution in [0.1, 0.15) is 6.92 Å². The number of esters is 1. The largest absolute Gasteiger partial charge is 0.480 e. The monoisotopic (exact) mass is 435 g/mol. The molecule has 138 valence electrons. The molecule has 1 unspecified atom stereocenters. The van der Waals surface area contributed by atoms with Gasteiger partial charge in [0.2, 0.25) is 0 Å². The van der Waals surface area contributed by atoms with Crippen LogP contribution in [0.2, 0.25) is 20.1 Å². The lowest BCUT2D eigenvalue weighted by Crippen LogP contribution is -2.31. The summed E-state index contributed by atoms with van der Waals surface area (Å²) in [5, 5.41) is 3.95. The summed E-state index contributed by atoms with van der Waals surface area (Å²) in [5.41, 5.74) is 0.355. The van der Waals surface area contributed by atoms with Crippen LogP contribution in [0.25, 0.3) is 0 Å². The third-order valence-corrected chi connectivity index (χ3v) is 4.18. The van der Waals surface area contributed by atoms with Crippen molar-refractivity contribution in [1.29, 1.82) is 0 Å². The number of rotatable bonds is 6. The van der Waals surface area contributed by atoms with Gasteiger partial charge in [0.15, 0.2) is 12.7 Å². The molecule has 2 rings (SSSR count). The van der Waals surface area contributed by atoms with Crippen molar-refractivity contribution in [2.45, 2.75) is 13.0 Å². The van der Waals surface area contributed by atoms with E-state index in [0.29, 0.717) is 15.7 Å². The minimum absolute atomic E-state index is 0.258. The molecule has 0 aliphatic rings. The van der Waals surface area contributed by atoms with Crippen LogP contribution >= 0.6 is 46.4 Å². The lowest BCUT2D eigenvalue weighted by molar-refractivity contribution is -0.155. The molecule has 2 aromatic carbocycles. The maximum absolute atomic E-state index is 12.1. The summed E-state index contributed by atoms with van der Waals surface area (Å²) >= 11 is 23.5. The molecule has 1 N–H and O–H groups in total. The number of carbonyl (C=O) groups is 2. The predicted octanol–water partition coefficient (Wildman–Crippen LogP) is 5.25. The second kappa shape index (κ2) is 9.33. The molecule has 9 heteroatoms. The van der Waals surface area contributed by atoms with Gasteiger partial charge in [0.25, 0.3) is 5.91 Å². The fourth-order valence-electron chi connectivity index (χ4n) is 1.84. The van der Waals surface area contributed by atoms with Gasteiger partial charge in [-0.05, 0) is 43.3 Å². The highest BCUT2D eigenvalue weighted by atomic mass is 35.5. The molecule has 26 heavy (non-hydrogen) atoms. The van der Waals surface area contributed by atoms with E-state index in [0.717, 1.165) is 0 Å². The van der Waals surface area contributed by atoms with E-state index >= 15 is 0 Å². The van der Waals surface area contributed by atoms with E-state index in [1.165, 1.54) is 25.1 Å². The van der Waals surface area contributed by atoms with Crippen molar-refractivity contribution in [3.8, 4) is 5.75 Å². The molecule has 2 aromatic rings. The zero-order chi connectivity index (χ0) is 19.3. The van der Waals surface area contributed by atoms with E-state index in [-0.39, 0.29) is 15.8 Å². The number of halogens is 4. The molecule has 0 fully saturated rings. The number of carbonyl (C=O) groups excluding carboxylic acids is 2. The Labute approximate surface area is 170 Å². The van der Waals surface area contributed by atoms with E-state index in [1.54, 1.807) is 18.2 Å². The van der Waals surface area contributed by atoms with Crippen molar-refractivity contribution in [2.75, 3.05) is 11.9 Å². The molecule has 0 bridgehead atoms. The van der Waals surface area contributed by atoms with Crippen molar-refractivity contribution < 1.29 is 19.1 Å². The molecule has 0 spiro atoms. The normalized spacial score (nSPS) is 11.6. The SMILES string of the molecule is CC(OC(=O)COc1ccc(Cl)cc1Cl)C(=O)Nc1ccc(Cl)cc1Cl. The smallest absolute Gasteiger partial charge is 0.344 e. The Kier molecular flexibility index (Phi) is 7.41. The van der Waals surface area contributed by atoms with E-state index in [9.17, 15) is 9.59 Å². The van der Waals surface area contributed by atoms with Crippen LogP contribution in [0.3, 0.4) is 0 Å². The second-order valence-corrected chi connectivity index (χ2v) is 6.80. The first-order chi connectivity index (χ1) is 12.3. The lowest BCUT2D eigenvalue weighted by atomic mass is 10.3. The zero-order valence-electron chi connectivity index (χ0n) is 13.4. The van der Waals surface area contributed by atoms with Gasteiger partial charge in [0, 0.05) is 10.0 Å². The molecule has 0 radical (unpaired) electrons. The minimum atomic E-state index is -1.06. The highest BCUT2D eigenvalue weighted by Crippen LogP contribution is 2.27. The molecule has 0 saturated heterocycles. The topological polar surface area (TPSA) is 64.6 Å². The Morgan fingerprint density at radius 2 is 1.62 bits per heavy atom. The van der Waals surface area contributed by atoms with E-state index in [1.807, 2.05) is 0 Å². The van der Waals surface area contributed by atoms with Crippen molar-refractivity contribution in [3.63, 3.8) is 0 Å². The molecule has 5 nitrogen and oxygen atoms in total. The molecular formula is C17H13Cl4NO4. The Morgan fingerprint density at radius 3 is 2.23 bits per heavy atom. The lowest BCUT2D eigenvalue weighted by Gasteiger charge is -2.15. The standard InChI is InChI=1S/C17H13Cl4NO4/c1-9(17(24)22-14-4-2-10(18)6-12(14)20)26-16(23)8-25-15-5-3-11(19)7-13(15)21/h2-7,9H,8H2,1H3,(H,22,24). The zero-order valence-corrected chi connectivity index (χ0v) is 16.4. The molecular weight excluding hydrogens is 424 g/mol. The summed E-state index contributed by atoms with van der Waals surface area (Å²) in [6.45, 7) is 1.01. The number of amides is 1. The van der Waals surface area contributed by atoms with E-state index < -0.39 is 24.6 Å². The highest BCUT2D eigenvalue weighted by Gasteiger charge is 2.19. The average Bonchev–Trinajstić information content (AvgIpc) is 2.56. The summed E-state index contributed by atoms with van der Waals surface area (Å²) in [7, 11) is 0. The van der Waals surface area contributed by atoms with Crippen LogP contribution in [0.4, 0.5) is 5.69 Å². The van der Waals surface area contributed by atoms with Crippen molar-refractivity contribution in [3.05, 3.63) is 56.5 Å². The van der Waals surface area contributed by atoms with Crippen molar-refractivity contribution in [1.82, 2.24) is 0 Å². The summed E-state index contributed by atoms with van der Waals surface area (Å²) in [6.07, 6.45) is -1.06. The van der Waals surface area contributed by atoms with Crippen LogP contribution in [0.5, 0.6) is 5.75 Å². The van der Waals surface area contributed by atoms with Crippen LogP contribution in [-0.4, -0.2) is 24.6 Å². The quantitative estimate of drug-likeness (QED) is 0.628. The van der Waals surface area contributed by atoms with Crippen molar-refractivity contribution in [2.24, 2.45) is 0 Å². The molecule has 0 aliphatic carbocycles. The minimum Gasteiger partial charge on any atom is -0.480 e. The summed E-state index contributed by atoms with van der Waals surface area (Å²) < 4.78 is 10.3. The summed E-state index contributed by atoms with van der Waals surface area (Å²) in [5.74, 6) is -1.01. The summed E-state index contributed by atoms with van der Waals surface area (Å²) in [4.78, 5) is 23.9. The Balaban J connectivity index is 1.86. The average molecular weight is 437 g/mol. The fraction of sp³-hybridized carbons (Fsp3) is 0.176. The molecule has 0 heterocycles. The van der Waals surface area contributed by atoms with Gasteiger partial charge in [0.1, 0.15) is 5.75 Å². The first kappa shape index (κ1) is 20.6. The van der Waals surface area contributed by atoms with Crippen LogP contribution in [-0.2, 0) is 14.3 Å². The predicted molar refractivity (Wildman–Crippen MR) is 103 cm³/mol. The first-order valence-electron chi connectivity index (χ1n) is 7.29.